The maximum absolute atomic E-state index is 12.6. The monoisotopic (exact) mass is 310 g/mol. The van der Waals surface area contributed by atoms with Crippen LogP contribution in [-0.4, -0.2) is 14.5 Å². The van der Waals surface area contributed by atoms with Gasteiger partial charge in [0.05, 0.1) is 4.90 Å². The highest BCUT2D eigenvalue weighted by Crippen LogP contribution is 2.28. The molecule has 0 amide bonds. The van der Waals surface area contributed by atoms with Crippen molar-refractivity contribution >= 4 is 10.0 Å². The molecular formula is C16H26N2O2S. The van der Waals surface area contributed by atoms with E-state index in [4.69, 9.17) is 5.73 Å². The Morgan fingerprint density at radius 3 is 2.76 bits per heavy atom. The second kappa shape index (κ2) is 6.90. The lowest BCUT2D eigenvalue weighted by Crippen LogP contribution is -2.38. The number of rotatable bonds is 5. The van der Waals surface area contributed by atoms with Crippen molar-refractivity contribution in [2.45, 2.75) is 63.4 Å². The van der Waals surface area contributed by atoms with Gasteiger partial charge in [0.15, 0.2) is 0 Å². The van der Waals surface area contributed by atoms with Crippen LogP contribution in [0.1, 0.15) is 50.2 Å². The van der Waals surface area contributed by atoms with Crippen LogP contribution in [0.4, 0.5) is 0 Å². The van der Waals surface area contributed by atoms with Gasteiger partial charge in [0.25, 0.3) is 0 Å². The Balaban J connectivity index is 2.18. The molecule has 0 spiro atoms. The van der Waals surface area contributed by atoms with Crippen molar-refractivity contribution in [3.05, 3.63) is 29.3 Å². The molecule has 0 saturated heterocycles. The molecule has 21 heavy (non-hydrogen) atoms. The number of nitrogens with two attached hydrogens (primary N) is 1. The molecule has 4 nitrogen and oxygen atoms in total. The smallest absolute Gasteiger partial charge is 0.241 e. The summed E-state index contributed by atoms with van der Waals surface area (Å²) in [6.45, 7) is 4.35. The number of nitrogens with one attached hydrogen (secondary N) is 1. The highest BCUT2D eigenvalue weighted by Gasteiger charge is 2.26. The van der Waals surface area contributed by atoms with Crippen molar-refractivity contribution in [2.24, 2.45) is 11.7 Å². The summed E-state index contributed by atoms with van der Waals surface area (Å²) in [5.41, 5.74) is 7.23. The molecule has 5 heteroatoms. The second-order valence-corrected chi connectivity index (χ2v) is 7.75. The molecule has 0 bridgehead atoms. The summed E-state index contributed by atoms with van der Waals surface area (Å²) in [5, 5.41) is 0. The average Bonchev–Trinajstić information content (AvgIpc) is 2.47. The lowest BCUT2D eigenvalue weighted by atomic mass is 9.85. The van der Waals surface area contributed by atoms with Gasteiger partial charge in [-0.05, 0) is 42.9 Å². The summed E-state index contributed by atoms with van der Waals surface area (Å²) in [6.07, 6.45) is 5.33. The molecule has 0 aromatic heterocycles. The Morgan fingerprint density at radius 2 is 2.10 bits per heavy atom. The van der Waals surface area contributed by atoms with Gasteiger partial charge in [0.1, 0.15) is 0 Å². The molecule has 1 aromatic carbocycles. The van der Waals surface area contributed by atoms with Gasteiger partial charge >= 0.3 is 0 Å². The predicted octanol–water partition coefficient (Wildman–Crippen LogP) is 2.70. The Morgan fingerprint density at radius 1 is 1.33 bits per heavy atom. The van der Waals surface area contributed by atoms with Gasteiger partial charge in [0, 0.05) is 12.6 Å². The van der Waals surface area contributed by atoms with Crippen molar-refractivity contribution in [2.75, 3.05) is 0 Å². The summed E-state index contributed by atoms with van der Waals surface area (Å²) in [6, 6.07) is 5.46. The molecule has 3 N–H and O–H groups in total. The van der Waals surface area contributed by atoms with Crippen LogP contribution in [-0.2, 0) is 16.6 Å². The summed E-state index contributed by atoms with van der Waals surface area (Å²) in [4.78, 5) is 0.365. The molecule has 2 atom stereocenters. The first-order chi connectivity index (χ1) is 9.96. The summed E-state index contributed by atoms with van der Waals surface area (Å²) < 4.78 is 28.2. The average molecular weight is 310 g/mol. The third-order valence-corrected chi connectivity index (χ3v) is 6.12. The van der Waals surface area contributed by atoms with Crippen LogP contribution in [0.15, 0.2) is 23.1 Å². The molecule has 0 aliphatic heterocycles. The highest BCUT2D eigenvalue weighted by atomic mass is 32.2. The first kappa shape index (κ1) is 16.5. The molecule has 118 valence electrons. The van der Waals surface area contributed by atoms with Crippen molar-refractivity contribution < 1.29 is 8.42 Å². The quantitative estimate of drug-likeness (QED) is 0.878. The third kappa shape index (κ3) is 4.05. The standard InChI is InChI=1S/C16H26N2O2S/c1-3-13-5-4-6-15(9-13)18-21(19,20)16-10-14(11-17)8-7-12(16)2/h7-8,10,13,15,18H,3-6,9,11,17H2,1-2H3. The van der Waals surface area contributed by atoms with E-state index in [1.165, 1.54) is 6.42 Å². The van der Waals surface area contributed by atoms with E-state index in [9.17, 15) is 8.42 Å². The number of aryl methyl sites for hydroxylation is 1. The Labute approximate surface area is 128 Å². The molecule has 1 fully saturated rings. The first-order valence-electron chi connectivity index (χ1n) is 7.78. The van der Waals surface area contributed by atoms with E-state index >= 15 is 0 Å². The molecular weight excluding hydrogens is 284 g/mol. The lowest BCUT2D eigenvalue weighted by Gasteiger charge is -2.29. The number of hydrogen-bond acceptors (Lipinski definition) is 3. The Hall–Kier alpha value is -0.910. The largest absolute Gasteiger partial charge is 0.326 e. The van der Waals surface area contributed by atoms with Gasteiger partial charge in [-0.2, -0.15) is 0 Å². The Kier molecular flexibility index (Phi) is 5.41. The van der Waals surface area contributed by atoms with Crippen LogP contribution >= 0.6 is 0 Å². The molecule has 1 saturated carbocycles. The van der Waals surface area contributed by atoms with E-state index in [1.807, 2.05) is 19.1 Å². The number of hydrogen-bond donors (Lipinski definition) is 2. The third-order valence-electron chi connectivity index (χ3n) is 4.46. The van der Waals surface area contributed by atoms with Crippen molar-refractivity contribution in [1.29, 1.82) is 0 Å². The molecule has 2 unspecified atom stereocenters. The van der Waals surface area contributed by atoms with Crippen LogP contribution in [0.3, 0.4) is 0 Å². The van der Waals surface area contributed by atoms with Crippen LogP contribution in [0.25, 0.3) is 0 Å². The summed E-state index contributed by atoms with van der Waals surface area (Å²) >= 11 is 0. The van der Waals surface area contributed by atoms with Crippen LogP contribution < -0.4 is 10.5 Å². The minimum Gasteiger partial charge on any atom is -0.326 e. The topological polar surface area (TPSA) is 72.2 Å². The number of benzene rings is 1. The second-order valence-electron chi connectivity index (χ2n) is 6.06. The molecule has 1 aliphatic rings. The molecule has 0 heterocycles. The fraction of sp³-hybridized carbons (Fsp3) is 0.625. The SMILES string of the molecule is CCC1CCCC(NS(=O)(=O)c2cc(CN)ccc2C)C1. The Bertz CT molecular complexity index is 584. The van der Waals surface area contributed by atoms with Gasteiger partial charge in [-0.15, -0.1) is 0 Å². The van der Waals surface area contributed by atoms with Gasteiger partial charge in [-0.3, -0.25) is 0 Å². The van der Waals surface area contributed by atoms with E-state index in [2.05, 4.69) is 11.6 Å². The summed E-state index contributed by atoms with van der Waals surface area (Å²) in [7, 11) is -3.46. The lowest BCUT2D eigenvalue weighted by molar-refractivity contribution is 0.301. The van der Waals surface area contributed by atoms with Crippen molar-refractivity contribution in [1.82, 2.24) is 4.72 Å². The zero-order chi connectivity index (χ0) is 15.5. The van der Waals surface area contributed by atoms with Crippen LogP contribution in [0.5, 0.6) is 0 Å². The van der Waals surface area contributed by atoms with E-state index in [1.54, 1.807) is 6.07 Å². The minimum atomic E-state index is -3.46. The van der Waals surface area contributed by atoms with Gasteiger partial charge in [0.2, 0.25) is 10.0 Å². The van der Waals surface area contributed by atoms with E-state index in [0.29, 0.717) is 17.4 Å². The summed E-state index contributed by atoms with van der Waals surface area (Å²) in [5.74, 6) is 0.642. The van der Waals surface area contributed by atoms with E-state index in [-0.39, 0.29) is 6.04 Å². The zero-order valence-corrected chi connectivity index (χ0v) is 13.7. The molecule has 2 rings (SSSR count). The predicted molar refractivity (Wildman–Crippen MR) is 85.4 cm³/mol. The maximum atomic E-state index is 12.6. The van der Waals surface area contributed by atoms with Crippen molar-refractivity contribution in [3.8, 4) is 0 Å². The van der Waals surface area contributed by atoms with Crippen molar-refractivity contribution in [3.63, 3.8) is 0 Å². The van der Waals surface area contributed by atoms with Crippen LogP contribution in [0, 0.1) is 12.8 Å². The zero-order valence-electron chi connectivity index (χ0n) is 12.9. The number of sulfonamides is 1. The van der Waals surface area contributed by atoms with Gasteiger partial charge in [-0.25, -0.2) is 13.1 Å². The maximum Gasteiger partial charge on any atom is 0.241 e. The van der Waals surface area contributed by atoms with E-state index in [0.717, 1.165) is 36.8 Å². The first-order valence-corrected chi connectivity index (χ1v) is 9.26. The van der Waals surface area contributed by atoms with E-state index < -0.39 is 10.0 Å². The normalized spacial score (nSPS) is 23.2. The molecule has 1 aliphatic carbocycles. The highest BCUT2D eigenvalue weighted by molar-refractivity contribution is 7.89. The van der Waals surface area contributed by atoms with Crippen LogP contribution in [0.2, 0.25) is 0 Å². The fourth-order valence-electron chi connectivity index (χ4n) is 3.11. The van der Waals surface area contributed by atoms with Gasteiger partial charge < -0.3 is 5.73 Å². The molecule has 0 radical (unpaired) electrons. The fourth-order valence-corrected chi connectivity index (χ4v) is 4.69. The van der Waals surface area contributed by atoms with Gasteiger partial charge in [-0.1, -0.05) is 38.3 Å². The molecule has 1 aromatic rings. The minimum absolute atomic E-state index is 0.0645.